The molecule has 1 aliphatic rings. The Balaban J connectivity index is 2.11. The van der Waals surface area contributed by atoms with E-state index in [1.54, 1.807) is 0 Å². The Morgan fingerprint density at radius 3 is 2.42 bits per heavy atom. The van der Waals surface area contributed by atoms with Gasteiger partial charge in [-0.3, -0.25) is 0 Å². The van der Waals surface area contributed by atoms with Gasteiger partial charge in [-0.1, -0.05) is 37.6 Å². The zero-order valence-corrected chi connectivity index (χ0v) is 12.0. The molecule has 100 valence electrons. The summed E-state index contributed by atoms with van der Waals surface area (Å²) in [6.45, 7) is 4.32. The minimum Gasteiger partial charge on any atom is -0.383 e. The highest BCUT2D eigenvalue weighted by Crippen LogP contribution is 2.42. The quantitative estimate of drug-likeness (QED) is 0.910. The topological polar surface area (TPSA) is 43.8 Å². The van der Waals surface area contributed by atoms with Crippen molar-refractivity contribution in [3.05, 3.63) is 35.1 Å². The summed E-state index contributed by atoms with van der Waals surface area (Å²) < 4.78 is 2.22. The Hall–Kier alpha value is -1.48. The molecule has 1 aromatic carbocycles. The summed E-state index contributed by atoms with van der Waals surface area (Å²) in [5, 5.41) is 0.730. The van der Waals surface area contributed by atoms with E-state index in [-0.39, 0.29) is 0 Å². The van der Waals surface area contributed by atoms with E-state index in [1.807, 2.05) is 24.3 Å². The van der Waals surface area contributed by atoms with E-state index in [9.17, 15) is 0 Å². The maximum Gasteiger partial charge on any atom is 0.132 e. The zero-order chi connectivity index (χ0) is 13.6. The molecule has 1 aliphatic carbocycles. The third-order valence-corrected chi connectivity index (χ3v) is 3.77. The second-order valence-corrected chi connectivity index (χ2v) is 5.90. The maximum atomic E-state index is 6.32. The van der Waals surface area contributed by atoms with Gasteiger partial charge in [0.2, 0.25) is 0 Å². The van der Waals surface area contributed by atoms with Crippen LogP contribution >= 0.6 is 11.6 Å². The largest absolute Gasteiger partial charge is 0.383 e. The molecule has 0 aliphatic heterocycles. The van der Waals surface area contributed by atoms with Crippen molar-refractivity contribution in [3.63, 3.8) is 0 Å². The van der Waals surface area contributed by atoms with Gasteiger partial charge < -0.3 is 10.3 Å². The summed E-state index contributed by atoms with van der Waals surface area (Å²) in [6.07, 6.45) is 2.42. The third kappa shape index (κ3) is 2.23. The van der Waals surface area contributed by atoms with Crippen LogP contribution in [0.25, 0.3) is 11.3 Å². The molecule has 1 saturated carbocycles. The lowest BCUT2D eigenvalue weighted by Gasteiger charge is -2.10. The first-order valence-electron chi connectivity index (χ1n) is 6.71. The summed E-state index contributed by atoms with van der Waals surface area (Å²) >= 11 is 5.93. The van der Waals surface area contributed by atoms with Gasteiger partial charge in [0.25, 0.3) is 0 Å². The van der Waals surface area contributed by atoms with Gasteiger partial charge in [0.15, 0.2) is 0 Å². The number of nitrogens with two attached hydrogens (primary N) is 1. The molecule has 0 radical (unpaired) electrons. The molecule has 0 bridgehead atoms. The molecule has 2 N–H and O–H groups in total. The van der Waals surface area contributed by atoms with Crippen LogP contribution in [0.3, 0.4) is 0 Å². The lowest BCUT2D eigenvalue weighted by molar-refractivity contribution is 0.646. The molecule has 1 aromatic heterocycles. The summed E-state index contributed by atoms with van der Waals surface area (Å²) in [6, 6.07) is 8.25. The minimum atomic E-state index is 0.379. The number of rotatable bonds is 3. The second-order valence-electron chi connectivity index (χ2n) is 5.47. The van der Waals surface area contributed by atoms with Crippen LogP contribution in [0.2, 0.25) is 5.02 Å². The third-order valence-electron chi connectivity index (χ3n) is 3.52. The number of hydrogen-bond donors (Lipinski definition) is 1. The van der Waals surface area contributed by atoms with E-state index < -0.39 is 0 Å². The maximum absolute atomic E-state index is 6.32. The first-order chi connectivity index (χ1) is 9.08. The molecule has 0 saturated heterocycles. The molecular weight excluding hydrogens is 258 g/mol. The van der Waals surface area contributed by atoms with Gasteiger partial charge >= 0.3 is 0 Å². The van der Waals surface area contributed by atoms with E-state index in [4.69, 9.17) is 22.3 Å². The Morgan fingerprint density at radius 2 is 1.89 bits per heavy atom. The van der Waals surface area contributed by atoms with Gasteiger partial charge in [0.05, 0.1) is 0 Å². The highest BCUT2D eigenvalue weighted by atomic mass is 35.5. The first kappa shape index (κ1) is 12.5. The smallest absolute Gasteiger partial charge is 0.132 e. The van der Waals surface area contributed by atoms with Crippen molar-refractivity contribution in [2.75, 3.05) is 5.73 Å². The molecule has 1 heterocycles. The molecule has 1 fully saturated rings. The average molecular weight is 276 g/mol. The Labute approximate surface area is 118 Å². The summed E-state index contributed by atoms with van der Waals surface area (Å²) in [5.74, 6) is 2.25. The summed E-state index contributed by atoms with van der Waals surface area (Å²) in [7, 11) is 0. The summed E-state index contributed by atoms with van der Waals surface area (Å²) in [4.78, 5) is 4.77. The van der Waals surface area contributed by atoms with Crippen molar-refractivity contribution in [3.8, 4) is 11.3 Å². The van der Waals surface area contributed by atoms with Gasteiger partial charge in [0.1, 0.15) is 17.3 Å². The first-order valence-corrected chi connectivity index (χ1v) is 7.09. The molecule has 3 nitrogen and oxygen atoms in total. The van der Waals surface area contributed by atoms with Crippen LogP contribution in [0.5, 0.6) is 0 Å². The molecule has 0 amide bonds. The summed E-state index contributed by atoms with van der Waals surface area (Å²) in [5.41, 5.74) is 8.23. The van der Waals surface area contributed by atoms with Crippen molar-refractivity contribution in [1.82, 2.24) is 9.55 Å². The average Bonchev–Trinajstić information content (AvgIpc) is 3.14. The highest BCUT2D eigenvalue weighted by Gasteiger charge is 2.30. The molecule has 19 heavy (non-hydrogen) atoms. The van der Waals surface area contributed by atoms with Crippen LogP contribution in [0.4, 0.5) is 5.82 Å². The van der Waals surface area contributed by atoms with Crippen LogP contribution < -0.4 is 5.73 Å². The molecule has 0 atom stereocenters. The zero-order valence-electron chi connectivity index (χ0n) is 11.2. The van der Waals surface area contributed by atoms with Gasteiger partial charge in [0, 0.05) is 22.5 Å². The number of nitrogens with zero attached hydrogens (tertiary/aromatic N) is 2. The van der Waals surface area contributed by atoms with Gasteiger partial charge in [-0.05, 0) is 25.0 Å². The Kier molecular flexibility index (Phi) is 3.02. The van der Waals surface area contributed by atoms with Crippen LogP contribution in [-0.4, -0.2) is 9.55 Å². The van der Waals surface area contributed by atoms with E-state index >= 15 is 0 Å². The second kappa shape index (κ2) is 4.57. The number of nitrogen functional groups attached to an aromatic ring is 1. The number of anilines is 1. The van der Waals surface area contributed by atoms with Gasteiger partial charge in [-0.15, -0.1) is 0 Å². The van der Waals surface area contributed by atoms with E-state index in [2.05, 4.69) is 18.4 Å². The van der Waals surface area contributed by atoms with Gasteiger partial charge in [-0.2, -0.15) is 0 Å². The lowest BCUT2D eigenvalue weighted by atomic mass is 10.1. The molecular formula is C15H18ClN3. The lowest BCUT2D eigenvalue weighted by Crippen LogP contribution is -2.06. The van der Waals surface area contributed by atoms with Crippen molar-refractivity contribution in [1.29, 1.82) is 0 Å². The standard InChI is InChI=1S/C15H18ClN3/c1-9(2)15-18-13(10-3-5-11(16)6-4-10)14(17)19(15)12-7-8-12/h3-6,9,12H,7-8,17H2,1-2H3. The van der Waals surface area contributed by atoms with Crippen molar-refractivity contribution in [2.24, 2.45) is 0 Å². The predicted octanol–water partition coefficient (Wildman–Crippen LogP) is 4.24. The fraction of sp³-hybridized carbons (Fsp3) is 0.400. The fourth-order valence-corrected chi connectivity index (χ4v) is 2.53. The fourth-order valence-electron chi connectivity index (χ4n) is 2.41. The molecule has 4 heteroatoms. The number of imidazole rings is 1. The SMILES string of the molecule is CC(C)c1nc(-c2ccc(Cl)cc2)c(N)n1C1CC1. The number of aromatic nitrogens is 2. The van der Waals surface area contributed by atoms with Gasteiger partial charge in [-0.25, -0.2) is 4.98 Å². The molecule has 2 aromatic rings. The van der Waals surface area contributed by atoms with E-state index in [0.717, 1.165) is 27.9 Å². The van der Waals surface area contributed by atoms with Crippen LogP contribution in [-0.2, 0) is 0 Å². The van der Waals surface area contributed by atoms with Crippen LogP contribution in [0.15, 0.2) is 24.3 Å². The van der Waals surface area contributed by atoms with E-state index in [1.165, 1.54) is 12.8 Å². The van der Waals surface area contributed by atoms with E-state index in [0.29, 0.717) is 12.0 Å². The number of halogens is 1. The Bertz CT molecular complexity index is 595. The molecule has 3 rings (SSSR count). The monoisotopic (exact) mass is 275 g/mol. The van der Waals surface area contributed by atoms with Crippen LogP contribution in [0, 0.1) is 0 Å². The predicted molar refractivity (Wildman–Crippen MR) is 79.4 cm³/mol. The molecule has 0 spiro atoms. The number of benzene rings is 1. The normalized spacial score (nSPS) is 15.2. The minimum absolute atomic E-state index is 0.379. The highest BCUT2D eigenvalue weighted by molar-refractivity contribution is 6.30. The van der Waals surface area contributed by atoms with Crippen LogP contribution in [0.1, 0.15) is 44.5 Å². The molecule has 0 unspecified atom stereocenters. The van der Waals surface area contributed by atoms with Crippen molar-refractivity contribution >= 4 is 17.4 Å². The van der Waals surface area contributed by atoms with Crippen molar-refractivity contribution < 1.29 is 0 Å². The van der Waals surface area contributed by atoms with Crippen molar-refractivity contribution in [2.45, 2.75) is 38.6 Å². The Morgan fingerprint density at radius 1 is 1.26 bits per heavy atom. The number of hydrogen-bond acceptors (Lipinski definition) is 2.